The lowest BCUT2D eigenvalue weighted by atomic mass is 9.88. The summed E-state index contributed by atoms with van der Waals surface area (Å²) in [6, 6.07) is 5.26. The van der Waals surface area contributed by atoms with Crippen LogP contribution in [0.5, 0.6) is 0 Å². The van der Waals surface area contributed by atoms with Gasteiger partial charge in [-0.25, -0.2) is 4.79 Å². The van der Waals surface area contributed by atoms with Crippen LogP contribution in [0.3, 0.4) is 0 Å². The van der Waals surface area contributed by atoms with E-state index in [0.29, 0.717) is 10.3 Å². The number of rotatable bonds is 5. The lowest BCUT2D eigenvalue weighted by Gasteiger charge is -2.36. The molecule has 0 aliphatic heterocycles. The molecule has 2 rings (SSSR count). The predicted molar refractivity (Wildman–Crippen MR) is 88.9 cm³/mol. The number of benzene rings is 1. The number of nitrogens with one attached hydrogen (secondary N) is 1. The Balaban J connectivity index is 2.07. The minimum absolute atomic E-state index is 0.296. The molecule has 20 heavy (non-hydrogen) atoms. The van der Waals surface area contributed by atoms with Crippen LogP contribution >= 0.6 is 27.7 Å². The summed E-state index contributed by atoms with van der Waals surface area (Å²) in [6.45, 7) is 0.893. The van der Waals surface area contributed by atoms with E-state index in [1.54, 1.807) is 12.1 Å². The molecule has 0 aromatic heterocycles. The lowest BCUT2D eigenvalue weighted by Crippen LogP contribution is -2.35. The number of halogens is 1. The molecular formula is C15H20BrNO2S. The summed E-state index contributed by atoms with van der Waals surface area (Å²) in [5.41, 5.74) is 1.18. The second kappa shape index (κ2) is 6.85. The smallest absolute Gasteiger partial charge is 0.335 e. The van der Waals surface area contributed by atoms with Crippen LogP contribution in [-0.4, -0.2) is 28.6 Å². The molecular weight excluding hydrogens is 338 g/mol. The van der Waals surface area contributed by atoms with Crippen molar-refractivity contribution in [3.8, 4) is 0 Å². The van der Waals surface area contributed by atoms with E-state index in [2.05, 4.69) is 27.5 Å². The number of aromatic carboxylic acids is 1. The van der Waals surface area contributed by atoms with Gasteiger partial charge in [-0.15, -0.1) is 0 Å². The second-order valence-corrected chi connectivity index (χ2v) is 7.53. The van der Waals surface area contributed by atoms with Gasteiger partial charge >= 0.3 is 5.97 Å². The Kier molecular flexibility index (Phi) is 5.38. The number of carboxylic acid groups (broad SMARTS) is 1. The van der Waals surface area contributed by atoms with Gasteiger partial charge in [0.25, 0.3) is 0 Å². The molecule has 1 aromatic carbocycles. The van der Waals surface area contributed by atoms with Crippen LogP contribution < -0.4 is 5.32 Å². The standard InChI is InChI=1S/C15H20BrNO2S/c1-20-15(5-3-2-4-6-15)10-17-13-8-11(14(18)19)7-12(16)9-13/h7-9,17H,2-6,10H2,1H3,(H,18,19). The average Bonchev–Trinajstić information content (AvgIpc) is 2.45. The number of thioether (sulfide) groups is 1. The Morgan fingerprint density at radius 1 is 1.35 bits per heavy atom. The molecule has 5 heteroatoms. The molecule has 1 fully saturated rings. The van der Waals surface area contributed by atoms with Crippen LogP contribution in [0, 0.1) is 0 Å². The molecule has 3 nitrogen and oxygen atoms in total. The van der Waals surface area contributed by atoms with Crippen molar-refractivity contribution in [3.05, 3.63) is 28.2 Å². The van der Waals surface area contributed by atoms with Crippen LogP contribution in [0.4, 0.5) is 5.69 Å². The van der Waals surface area contributed by atoms with Crippen molar-refractivity contribution < 1.29 is 9.90 Å². The van der Waals surface area contributed by atoms with Crippen molar-refractivity contribution in [2.24, 2.45) is 0 Å². The molecule has 0 heterocycles. The molecule has 1 aromatic rings. The molecule has 1 saturated carbocycles. The Morgan fingerprint density at radius 2 is 2.05 bits per heavy atom. The van der Waals surface area contributed by atoms with E-state index in [4.69, 9.17) is 5.11 Å². The fourth-order valence-corrected chi connectivity index (χ4v) is 4.13. The highest BCUT2D eigenvalue weighted by atomic mass is 79.9. The molecule has 0 radical (unpaired) electrons. The molecule has 1 aliphatic rings. The average molecular weight is 358 g/mol. The maximum absolute atomic E-state index is 11.1. The first-order chi connectivity index (χ1) is 9.54. The largest absolute Gasteiger partial charge is 0.478 e. The number of carbonyl (C=O) groups is 1. The van der Waals surface area contributed by atoms with Gasteiger partial charge in [0, 0.05) is 21.5 Å². The molecule has 0 atom stereocenters. The molecule has 1 aliphatic carbocycles. The maximum Gasteiger partial charge on any atom is 0.335 e. The Morgan fingerprint density at radius 3 is 2.65 bits per heavy atom. The van der Waals surface area contributed by atoms with Gasteiger partial charge in [0.1, 0.15) is 0 Å². The van der Waals surface area contributed by atoms with E-state index in [1.165, 1.54) is 32.1 Å². The Bertz CT molecular complexity index is 487. The van der Waals surface area contributed by atoms with Gasteiger partial charge in [-0.1, -0.05) is 35.2 Å². The highest BCUT2D eigenvalue weighted by Crippen LogP contribution is 2.38. The molecule has 0 unspecified atom stereocenters. The minimum Gasteiger partial charge on any atom is -0.478 e. The van der Waals surface area contributed by atoms with Crippen molar-refractivity contribution in [1.29, 1.82) is 0 Å². The van der Waals surface area contributed by atoms with Crippen LogP contribution in [-0.2, 0) is 0 Å². The third-order valence-corrected chi connectivity index (χ3v) is 5.83. The molecule has 2 N–H and O–H groups in total. The summed E-state index contributed by atoms with van der Waals surface area (Å²) < 4.78 is 1.09. The molecule has 0 bridgehead atoms. The first-order valence-electron chi connectivity index (χ1n) is 6.88. The van der Waals surface area contributed by atoms with Gasteiger partial charge in [-0.2, -0.15) is 11.8 Å². The Hall–Kier alpha value is -0.680. The SMILES string of the molecule is CSC1(CNc2cc(Br)cc(C(=O)O)c2)CCCCC1. The number of anilines is 1. The van der Waals surface area contributed by atoms with Crippen LogP contribution in [0.15, 0.2) is 22.7 Å². The third-order valence-electron chi connectivity index (χ3n) is 3.96. The summed E-state index contributed by atoms with van der Waals surface area (Å²) in [5.74, 6) is -0.897. The van der Waals surface area contributed by atoms with Crippen molar-refractivity contribution in [1.82, 2.24) is 0 Å². The predicted octanol–water partition coefficient (Wildman–Crippen LogP) is 4.63. The van der Waals surface area contributed by atoms with Gasteiger partial charge < -0.3 is 10.4 Å². The lowest BCUT2D eigenvalue weighted by molar-refractivity contribution is 0.0697. The van der Waals surface area contributed by atoms with Gasteiger partial charge in [-0.3, -0.25) is 0 Å². The summed E-state index contributed by atoms with van der Waals surface area (Å²) in [7, 11) is 0. The summed E-state index contributed by atoms with van der Waals surface area (Å²) in [6.07, 6.45) is 8.57. The first-order valence-corrected chi connectivity index (χ1v) is 8.89. The summed E-state index contributed by atoms with van der Waals surface area (Å²) in [4.78, 5) is 11.1. The topological polar surface area (TPSA) is 49.3 Å². The number of carboxylic acids is 1. The van der Waals surface area contributed by atoms with E-state index in [0.717, 1.165) is 16.7 Å². The zero-order valence-electron chi connectivity index (χ0n) is 11.6. The van der Waals surface area contributed by atoms with Crippen LogP contribution in [0.2, 0.25) is 0 Å². The molecule has 110 valence electrons. The van der Waals surface area contributed by atoms with Crippen molar-refractivity contribution >= 4 is 39.3 Å². The zero-order valence-corrected chi connectivity index (χ0v) is 14.0. The number of hydrogen-bond donors (Lipinski definition) is 2. The normalized spacial score (nSPS) is 17.7. The van der Waals surface area contributed by atoms with E-state index in [9.17, 15) is 4.79 Å². The highest BCUT2D eigenvalue weighted by Gasteiger charge is 2.30. The molecule has 0 spiro atoms. The van der Waals surface area contributed by atoms with Crippen molar-refractivity contribution in [3.63, 3.8) is 0 Å². The number of hydrogen-bond acceptors (Lipinski definition) is 3. The van der Waals surface area contributed by atoms with Crippen molar-refractivity contribution in [2.75, 3.05) is 18.1 Å². The van der Waals surface area contributed by atoms with Crippen LogP contribution in [0.25, 0.3) is 0 Å². The van der Waals surface area contributed by atoms with E-state index in [-0.39, 0.29) is 0 Å². The van der Waals surface area contributed by atoms with Gasteiger partial charge in [0.2, 0.25) is 0 Å². The minimum atomic E-state index is -0.897. The van der Waals surface area contributed by atoms with E-state index >= 15 is 0 Å². The van der Waals surface area contributed by atoms with E-state index < -0.39 is 5.97 Å². The summed E-state index contributed by atoms with van der Waals surface area (Å²) in [5, 5.41) is 12.5. The molecule has 0 saturated heterocycles. The maximum atomic E-state index is 11.1. The van der Waals surface area contributed by atoms with Gasteiger partial charge in [0.15, 0.2) is 0 Å². The fraction of sp³-hybridized carbons (Fsp3) is 0.533. The fourth-order valence-electron chi connectivity index (χ4n) is 2.73. The second-order valence-electron chi connectivity index (χ2n) is 5.34. The monoisotopic (exact) mass is 357 g/mol. The van der Waals surface area contributed by atoms with E-state index in [1.807, 2.05) is 17.8 Å². The highest BCUT2D eigenvalue weighted by molar-refractivity contribution is 9.10. The third kappa shape index (κ3) is 3.92. The van der Waals surface area contributed by atoms with Gasteiger partial charge in [-0.05, 0) is 37.3 Å². The van der Waals surface area contributed by atoms with Crippen molar-refractivity contribution in [2.45, 2.75) is 36.9 Å². The molecule has 0 amide bonds. The van der Waals surface area contributed by atoms with Gasteiger partial charge in [0.05, 0.1) is 5.56 Å². The van der Waals surface area contributed by atoms with Crippen LogP contribution in [0.1, 0.15) is 42.5 Å². The zero-order chi connectivity index (χ0) is 14.6. The Labute approximate surface area is 132 Å². The summed E-state index contributed by atoms with van der Waals surface area (Å²) >= 11 is 5.31. The quantitative estimate of drug-likeness (QED) is 0.806. The first kappa shape index (κ1) is 15.7.